The highest BCUT2D eigenvalue weighted by Gasteiger charge is 2.20. The molecule has 37 heavy (non-hydrogen) atoms. The monoisotopic (exact) mass is 490 g/mol. The number of hydrogen-bond donors (Lipinski definition) is 0. The van der Waals surface area contributed by atoms with Gasteiger partial charge in [0.25, 0.3) is 0 Å². The Kier molecular flexibility index (Phi) is 7.26. The molecule has 0 aliphatic heterocycles. The number of allylic oxidation sites excluding steroid dienone is 1. The first kappa shape index (κ1) is 23.9. The molecule has 0 fully saturated rings. The Morgan fingerprint density at radius 2 is 1.38 bits per heavy atom. The van der Waals surface area contributed by atoms with Gasteiger partial charge in [-0.25, -0.2) is 14.2 Å². The lowest BCUT2D eigenvalue weighted by molar-refractivity contribution is -0.134. The van der Waals surface area contributed by atoms with E-state index in [1.165, 1.54) is 17.4 Å². The van der Waals surface area contributed by atoms with Crippen molar-refractivity contribution >= 4 is 11.7 Å². The van der Waals surface area contributed by atoms with Crippen molar-refractivity contribution in [3.63, 3.8) is 0 Å². The van der Waals surface area contributed by atoms with Crippen molar-refractivity contribution in [3.8, 4) is 22.5 Å². The Bertz CT molecular complexity index is 1480. The van der Waals surface area contributed by atoms with Gasteiger partial charge in [0.15, 0.2) is 0 Å². The van der Waals surface area contributed by atoms with Crippen molar-refractivity contribution in [1.82, 2.24) is 30.0 Å². The maximum absolute atomic E-state index is 12.9. The van der Waals surface area contributed by atoms with Crippen LogP contribution in [-0.4, -0.2) is 43.1 Å². The summed E-state index contributed by atoms with van der Waals surface area (Å²) < 4.78 is 8.35. The third kappa shape index (κ3) is 5.70. The fourth-order valence-corrected chi connectivity index (χ4v) is 4.08. The highest BCUT2D eigenvalue weighted by Crippen LogP contribution is 2.24. The smallest absolute Gasteiger partial charge is 0.356 e. The Hall–Kier alpha value is -4.85. The number of ether oxygens (including phenoxy) is 1. The lowest BCUT2D eigenvalue weighted by Gasteiger charge is -2.15. The minimum Gasteiger partial charge on any atom is -0.464 e. The summed E-state index contributed by atoms with van der Waals surface area (Å²) in [6, 6.07) is 29.5. The van der Waals surface area contributed by atoms with Crippen LogP contribution in [0.15, 0.2) is 109 Å². The zero-order chi connectivity index (χ0) is 25.5. The van der Waals surface area contributed by atoms with Gasteiger partial charge in [0, 0.05) is 11.1 Å². The van der Waals surface area contributed by atoms with Crippen LogP contribution in [0.4, 0.5) is 0 Å². The maximum atomic E-state index is 12.9. The van der Waals surface area contributed by atoms with Gasteiger partial charge in [0.05, 0.1) is 25.5 Å². The number of nitrogens with zero attached hydrogens (tertiary/aromatic N) is 6. The molecule has 0 bridgehead atoms. The van der Waals surface area contributed by atoms with Gasteiger partial charge in [-0.2, -0.15) is 0 Å². The quantitative estimate of drug-likeness (QED) is 0.211. The van der Waals surface area contributed by atoms with E-state index in [9.17, 15) is 4.79 Å². The van der Waals surface area contributed by atoms with E-state index in [4.69, 9.17) is 4.74 Å². The van der Waals surface area contributed by atoms with Crippen molar-refractivity contribution in [2.24, 2.45) is 0 Å². The zero-order valence-corrected chi connectivity index (χ0v) is 20.4. The number of esters is 1. The maximum Gasteiger partial charge on any atom is 0.356 e. The predicted molar refractivity (Wildman–Crippen MR) is 141 cm³/mol. The summed E-state index contributed by atoms with van der Waals surface area (Å²) in [6.07, 6.45) is 6.91. The molecule has 5 rings (SSSR count). The normalized spacial score (nSPS) is 12.3. The van der Waals surface area contributed by atoms with Crippen LogP contribution < -0.4 is 0 Å². The van der Waals surface area contributed by atoms with E-state index in [1.807, 2.05) is 91.1 Å². The SMILES string of the molecule is COC(=O)/C(=C/C(CCc1ccccc1)n1cc(-c2ccccc2)nn1)n1cc(-c2ccccc2)nn1. The third-order valence-corrected chi connectivity index (χ3v) is 6.05. The lowest BCUT2D eigenvalue weighted by Crippen LogP contribution is -2.16. The van der Waals surface area contributed by atoms with Gasteiger partial charge in [-0.05, 0) is 24.5 Å². The average Bonchev–Trinajstić information content (AvgIpc) is 3.65. The fourth-order valence-electron chi connectivity index (χ4n) is 4.08. The first-order chi connectivity index (χ1) is 18.2. The van der Waals surface area contributed by atoms with Gasteiger partial charge in [0.2, 0.25) is 0 Å². The van der Waals surface area contributed by atoms with Crippen molar-refractivity contribution in [3.05, 3.63) is 115 Å². The summed E-state index contributed by atoms with van der Waals surface area (Å²) in [5.41, 5.74) is 4.73. The molecular formula is C29H26N6O2. The molecule has 0 aliphatic carbocycles. The second-order valence-corrected chi connectivity index (χ2v) is 8.50. The van der Waals surface area contributed by atoms with Gasteiger partial charge >= 0.3 is 5.97 Å². The number of aryl methyl sites for hydroxylation is 1. The van der Waals surface area contributed by atoms with Gasteiger partial charge < -0.3 is 4.74 Å². The standard InChI is InChI=1S/C29H26N6O2/c1-37-29(36)28(35-21-27(31-33-35)24-15-9-4-10-16-24)19-25(18-17-22-11-5-2-6-12-22)34-20-26(30-32-34)23-13-7-3-8-14-23/h2-16,19-21,25H,17-18H2,1H3/b28-19-. The van der Waals surface area contributed by atoms with E-state index in [0.717, 1.165) is 23.2 Å². The Morgan fingerprint density at radius 1 is 0.811 bits per heavy atom. The van der Waals surface area contributed by atoms with E-state index < -0.39 is 5.97 Å². The summed E-state index contributed by atoms with van der Waals surface area (Å²) in [6.45, 7) is 0. The highest BCUT2D eigenvalue weighted by atomic mass is 16.5. The number of benzene rings is 3. The predicted octanol–water partition coefficient (Wildman–Crippen LogP) is 5.09. The molecular weight excluding hydrogens is 464 g/mol. The number of rotatable bonds is 9. The van der Waals surface area contributed by atoms with Crippen LogP contribution >= 0.6 is 0 Å². The summed E-state index contributed by atoms with van der Waals surface area (Å²) >= 11 is 0. The first-order valence-corrected chi connectivity index (χ1v) is 12.0. The molecule has 0 amide bonds. The van der Waals surface area contributed by atoms with Crippen LogP contribution in [0, 0.1) is 0 Å². The molecule has 0 radical (unpaired) electrons. The van der Waals surface area contributed by atoms with E-state index in [2.05, 4.69) is 32.8 Å². The molecule has 0 N–H and O–H groups in total. The summed E-state index contributed by atoms with van der Waals surface area (Å²) in [5, 5.41) is 17.3. The van der Waals surface area contributed by atoms with Crippen molar-refractivity contribution in [1.29, 1.82) is 0 Å². The van der Waals surface area contributed by atoms with Crippen LogP contribution in [0.1, 0.15) is 18.0 Å². The summed E-state index contributed by atoms with van der Waals surface area (Å²) in [4.78, 5) is 12.9. The molecule has 8 heteroatoms. The largest absolute Gasteiger partial charge is 0.464 e. The molecule has 3 aromatic carbocycles. The minimum atomic E-state index is -0.516. The zero-order valence-electron chi connectivity index (χ0n) is 20.4. The first-order valence-electron chi connectivity index (χ1n) is 12.0. The number of carbonyl (C=O) groups excluding carboxylic acids is 1. The van der Waals surface area contributed by atoms with Gasteiger partial charge in [-0.15, -0.1) is 10.2 Å². The van der Waals surface area contributed by atoms with E-state index in [-0.39, 0.29) is 11.7 Å². The van der Waals surface area contributed by atoms with E-state index >= 15 is 0 Å². The molecule has 5 aromatic rings. The van der Waals surface area contributed by atoms with Crippen LogP contribution in [0.25, 0.3) is 28.2 Å². The van der Waals surface area contributed by atoms with Gasteiger partial charge in [0.1, 0.15) is 17.1 Å². The molecule has 8 nitrogen and oxygen atoms in total. The lowest BCUT2D eigenvalue weighted by atomic mass is 10.0. The second kappa shape index (κ2) is 11.3. The van der Waals surface area contributed by atoms with Crippen LogP contribution in [0.3, 0.4) is 0 Å². The molecule has 1 atom stereocenters. The van der Waals surface area contributed by atoms with Crippen molar-refractivity contribution in [2.45, 2.75) is 18.9 Å². The number of methoxy groups -OCH3 is 1. The fraction of sp³-hybridized carbons (Fsp3) is 0.138. The minimum absolute atomic E-state index is 0.256. The van der Waals surface area contributed by atoms with Crippen molar-refractivity contribution < 1.29 is 9.53 Å². The molecule has 0 saturated carbocycles. The van der Waals surface area contributed by atoms with Crippen molar-refractivity contribution in [2.75, 3.05) is 7.11 Å². The Morgan fingerprint density at radius 3 is 2.00 bits per heavy atom. The summed E-state index contributed by atoms with van der Waals surface area (Å²) in [5.74, 6) is -0.516. The third-order valence-electron chi connectivity index (χ3n) is 6.05. The van der Waals surface area contributed by atoms with Crippen LogP contribution in [0.2, 0.25) is 0 Å². The second-order valence-electron chi connectivity index (χ2n) is 8.50. The molecule has 0 saturated heterocycles. The Balaban J connectivity index is 1.51. The molecule has 1 unspecified atom stereocenters. The highest BCUT2D eigenvalue weighted by molar-refractivity contribution is 6.09. The van der Waals surface area contributed by atoms with Crippen LogP contribution in [-0.2, 0) is 16.0 Å². The molecule has 0 aliphatic rings. The van der Waals surface area contributed by atoms with Crippen LogP contribution in [0.5, 0.6) is 0 Å². The van der Waals surface area contributed by atoms with E-state index in [1.54, 1.807) is 10.9 Å². The number of aromatic nitrogens is 6. The number of carbonyl (C=O) groups is 1. The van der Waals surface area contributed by atoms with E-state index in [0.29, 0.717) is 12.1 Å². The number of hydrogen-bond acceptors (Lipinski definition) is 6. The molecule has 2 aromatic heterocycles. The molecule has 2 heterocycles. The molecule has 184 valence electrons. The average molecular weight is 491 g/mol. The topological polar surface area (TPSA) is 87.7 Å². The molecule has 0 spiro atoms. The van der Waals surface area contributed by atoms with Gasteiger partial charge in [-0.3, -0.25) is 0 Å². The Labute approximate surface area is 214 Å². The van der Waals surface area contributed by atoms with Gasteiger partial charge in [-0.1, -0.05) is 101 Å². The summed E-state index contributed by atoms with van der Waals surface area (Å²) in [7, 11) is 1.35.